The smallest absolute Gasteiger partial charge is 0.206 e. The Morgan fingerprint density at radius 2 is 0.617 bits per heavy atom. The van der Waals surface area contributed by atoms with Crippen molar-refractivity contribution >= 4 is 70.1 Å². The van der Waals surface area contributed by atoms with Crippen molar-refractivity contribution in [3.8, 4) is 22.3 Å². The zero-order valence-electron chi connectivity index (χ0n) is 27.4. The van der Waals surface area contributed by atoms with Crippen LogP contribution >= 0.6 is 0 Å². The predicted molar refractivity (Wildman–Crippen MR) is 209 cm³/mol. The van der Waals surface area contributed by atoms with E-state index >= 15 is 0 Å². The Morgan fingerprint density at radius 1 is 0.340 bits per heavy atom. The van der Waals surface area contributed by atoms with E-state index in [0.29, 0.717) is 0 Å². The van der Waals surface area contributed by atoms with Gasteiger partial charge in [-0.05, 0) is 114 Å². The van der Waals surface area contributed by atoms with E-state index in [2.05, 4.69) is 184 Å². The third-order valence-electron chi connectivity index (χ3n) is 9.79. The van der Waals surface area contributed by atoms with Crippen LogP contribution in [-0.2, 0) is 4.12 Å². The number of benzene rings is 8. The molecule has 0 fully saturated rings. The topological polar surface area (TPSA) is 9.23 Å². The second-order valence-corrected chi connectivity index (χ2v) is 21.7. The molecule has 0 aliphatic rings. The van der Waals surface area contributed by atoms with Crippen molar-refractivity contribution in [1.82, 2.24) is 0 Å². The quantitative estimate of drug-likeness (QED) is 0.130. The summed E-state index contributed by atoms with van der Waals surface area (Å²) in [7, 11) is -4.43. The molecule has 0 spiro atoms. The molecule has 47 heavy (non-hydrogen) atoms. The van der Waals surface area contributed by atoms with Gasteiger partial charge in [0.2, 0.25) is 16.6 Å². The monoisotopic (exact) mass is 638 g/mol. The number of rotatable bonds is 6. The second-order valence-electron chi connectivity index (χ2n) is 13.7. The molecule has 8 rings (SSSR count). The van der Waals surface area contributed by atoms with Crippen LogP contribution < -0.4 is 10.4 Å². The molecule has 0 bridgehead atoms. The van der Waals surface area contributed by atoms with E-state index in [1.807, 2.05) is 0 Å². The molecule has 0 aliphatic heterocycles. The van der Waals surface area contributed by atoms with Crippen LogP contribution in [0.1, 0.15) is 0 Å². The lowest BCUT2D eigenvalue weighted by molar-refractivity contribution is 0.573. The van der Waals surface area contributed by atoms with Crippen molar-refractivity contribution in [2.24, 2.45) is 0 Å². The van der Waals surface area contributed by atoms with Crippen LogP contribution in [0.2, 0.25) is 26.2 Å². The summed E-state index contributed by atoms with van der Waals surface area (Å²) in [4.78, 5) is 0. The molecule has 0 radical (unpaired) electrons. The van der Waals surface area contributed by atoms with Gasteiger partial charge in [-0.25, -0.2) is 0 Å². The lowest BCUT2D eigenvalue weighted by atomic mass is 9.92. The molecule has 228 valence electrons. The Morgan fingerprint density at radius 3 is 0.915 bits per heavy atom. The first kappa shape index (κ1) is 29.6. The summed E-state index contributed by atoms with van der Waals surface area (Å²) in [5, 5.41) is 12.9. The Bertz CT molecular complexity index is 2140. The van der Waals surface area contributed by atoms with Gasteiger partial charge in [-0.15, -0.1) is 0 Å². The van der Waals surface area contributed by atoms with Gasteiger partial charge in [0.1, 0.15) is 0 Å². The van der Waals surface area contributed by atoms with E-state index in [1.54, 1.807) is 0 Å². The van der Waals surface area contributed by atoms with Crippen LogP contribution in [0, 0.1) is 0 Å². The molecule has 0 saturated heterocycles. The van der Waals surface area contributed by atoms with Gasteiger partial charge >= 0.3 is 0 Å². The van der Waals surface area contributed by atoms with E-state index in [-0.39, 0.29) is 0 Å². The third-order valence-corrected chi connectivity index (χ3v) is 17.3. The zero-order valence-corrected chi connectivity index (χ0v) is 29.4. The summed E-state index contributed by atoms with van der Waals surface area (Å²) in [5.74, 6) is 0. The van der Waals surface area contributed by atoms with Crippen molar-refractivity contribution < 1.29 is 4.12 Å². The Labute approximate surface area is 279 Å². The summed E-state index contributed by atoms with van der Waals surface area (Å²) in [6.07, 6.45) is 0. The van der Waals surface area contributed by atoms with Crippen LogP contribution in [0.5, 0.6) is 0 Å². The van der Waals surface area contributed by atoms with Crippen molar-refractivity contribution in [2.75, 3.05) is 0 Å². The fourth-order valence-corrected chi connectivity index (χ4v) is 15.5. The highest BCUT2D eigenvalue weighted by atomic mass is 28.4. The maximum atomic E-state index is 7.25. The SMILES string of the molecule is C[Si](C)(O[Si](C)(C)c1ccc(-c2c3ccccc3cc3ccccc23)cc1)c1ccc(-c2c3ccccc3cc3ccccc23)cc1. The highest BCUT2D eigenvalue weighted by Crippen LogP contribution is 2.37. The van der Waals surface area contributed by atoms with Gasteiger partial charge in [-0.1, -0.05) is 146 Å². The van der Waals surface area contributed by atoms with Crippen LogP contribution in [0.4, 0.5) is 0 Å². The fraction of sp³-hybridized carbons (Fsp3) is 0.0909. The molecule has 8 aromatic rings. The van der Waals surface area contributed by atoms with Gasteiger partial charge in [-0.3, -0.25) is 0 Å². The summed E-state index contributed by atoms with van der Waals surface area (Å²) in [6, 6.07) is 58.0. The Kier molecular flexibility index (Phi) is 7.22. The molecule has 0 aromatic heterocycles. The third kappa shape index (κ3) is 5.31. The first-order valence-corrected chi connectivity index (χ1v) is 22.3. The molecule has 0 unspecified atom stereocenters. The molecule has 0 atom stereocenters. The van der Waals surface area contributed by atoms with Crippen LogP contribution in [0.15, 0.2) is 158 Å². The van der Waals surface area contributed by atoms with E-state index in [9.17, 15) is 0 Å². The van der Waals surface area contributed by atoms with Gasteiger partial charge in [0.25, 0.3) is 0 Å². The first-order chi connectivity index (χ1) is 22.8. The fourth-order valence-electron chi connectivity index (χ4n) is 7.48. The standard InChI is InChI=1S/C44H38OSi2/c1-46(2,37-25-21-31(22-26-37)43-39-17-9-5-13-33(39)29-34-14-6-10-18-40(34)43)45-47(3,4)38-27-23-32(24-28-38)44-41-19-11-7-15-35(41)30-36-16-8-12-20-42(36)44/h5-30H,1-4H3. The lowest BCUT2D eigenvalue weighted by Crippen LogP contribution is -2.57. The molecule has 0 aliphatic carbocycles. The molecular weight excluding hydrogens is 601 g/mol. The van der Waals surface area contributed by atoms with E-state index < -0.39 is 16.6 Å². The number of hydrogen-bond donors (Lipinski definition) is 0. The summed E-state index contributed by atoms with van der Waals surface area (Å²) < 4.78 is 7.25. The first-order valence-electron chi connectivity index (χ1n) is 16.5. The van der Waals surface area contributed by atoms with Gasteiger partial charge in [0.15, 0.2) is 0 Å². The highest BCUT2D eigenvalue weighted by Gasteiger charge is 2.36. The van der Waals surface area contributed by atoms with E-state index in [1.165, 1.54) is 75.7 Å². The Hall–Kier alpha value is -4.81. The molecule has 3 heteroatoms. The zero-order chi connectivity index (χ0) is 32.2. The number of fused-ring (bicyclic) bond motifs is 4. The van der Waals surface area contributed by atoms with Crippen LogP contribution in [0.25, 0.3) is 65.3 Å². The minimum Gasteiger partial charge on any atom is -0.449 e. The molecule has 0 amide bonds. The highest BCUT2D eigenvalue weighted by molar-refractivity contribution is 6.96. The van der Waals surface area contributed by atoms with Crippen LogP contribution in [-0.4, -0.2) is 16.6 Å². The average Bonchev–Trinajstić information content (AvgIpc) is 3.09. The normalized spacial score (nSPS) is 12.3. The maximum Gasteiger partial charge on any atom is 0.206 e. The molecule has 0 N–H and O–H groups in total. The van der Waals surface area contributed by atoms with Gasteiger partial charge in [-0.2, -0.15) is 0 Å². The van der Waals surface area contributed by atoms with Crippen molar-refractivity contribution in [3.05, 3.63) is 158 Å². The van der Waals surface area contributed by atoms with Gasteiger partial charge < -0.3 is 4.12 Å². The molecule has 8 aromatic carbocycles. The summed E-state index contributed by atoms with van der Waals surface area (Å²) >= 11 is 0. The van der Waals surface area contributed by atoms with E-state index in [4.69, 9.17) is 4.12 Å². The Balaban J connectivity index is 1.10. The number of hydrogen-bond acceptors (Lipinski definition) is 1. The van der Waals surface area contributed by atoms with E-state index in [0.717, 1.165) is 0 Å². The summed E-state index contributed by atoms with van der Waals surface area (Å²) in [5.41, 5.74) is 5.11. The second kappa shape index (κ2) is 11.5. The maximum absolute atomic E-state index is 7.25. The van der Waals surface area contributed by atoms with Crippen molar-refractivity contribution in [1.29, 1.82) is 0 Å². The van der Waals surface area contributed by atoms with Crippen molar-refractivity contribution in [3.63, 3.8) is 0 Å². The summed E-state index contributed by atoms with van der Waals surface area (Å²) in [6.45, 7) is 9.39. The largest absolute Gasteiger partial charge is 0.449 e. The van der Waals surface area contributed by atoms with Crippen molar-refractivity contribution in [2.45, 2.75) is 26.2 Å². The molecular formula is C44H38OSi2. The van der Waals surface area contributed by atoms with Gasteiger partial charge in [0.05, 0.1) is 0 Å². The average molecular weight is 639 g/mol. The van der Waals surface area contributed by atoms with Gasteiger partial charge in [0, 0.05) is 0 Å². The minimum absolute atomic E-state index is 1.25. The van der Waals surface area contributed by atoms with Crippen LogP contribution in [0.3, 0.4) is 0 Å². The minimum atomic E-state index is -2.22. The molecule has 1 nitrogen and oxygen atoms in total. The molecule has 0 saturated carbocycles. The lowest BCUT2D eigenvalue weighted by Gasteiger charge is -2.34. The predicted octanol–water partition coefficient (Wildman–Crippen LogP) is 11.2. The molecule has 0 heterocycles.